The first kappa shape index (κ1) is 21.4. The normalized spacial score (nSPS) is 12.4. The maximum absolute atomic E-state index is 13.9. The first-order valence-electron chi connectivity index (χ1n) is 7.52. The zero-order valence-corrected chi connectivity index (χ0v) is 17.8. The Morgan fingerprint density at radius 1 is 1.18 bits per heavy atom. The second kappa shape index (κ2) is 8.22. The van der Waals surface area contributed by atoms with Gasteiger partial charge in [-0.1, -0.05) is 51.4 Å². The minimum Gasteiger partial charge on any atom is -0.411 e. The van der Waals surface area contributed by atoms with E-state index in [0.717, 1.165) is 6.07 Å². The van der Waals surface area contributed by atoms with Crippen LogP contribution < -0.4 is 0 Å². The molecule has 0 amide bonds. The maximum atomic E-state index is 13.9. The summed E-state index contributed by atoms with van der Waals surface area (Å²) in [6, 6.07) is 10.6. The van der Waals surface area contributed by atoms with Crippen molar-refractivity contribution in [2.24, 2.45) is 0 Å². The summed E-state index contributed by atoms with van der Waals surface area (Å²) in [4.78, 5) is 17.7. The van der Waals surface area contributed by atoms with Gasteiger partial charge in [0.05, 0.1) is 0 Å². The average Bonchev–Trinajstić information content (AvgIpc) is 3.08. The van der Waals surface area contributed by atoms with Gasteiger partial charge in [0, 0.05) is 26.4 Å². The van der Waals surface area contributed by atoms with E-state index in [9.17, 15) is 13.3 Å². The van der Waals surface area contributed by atoms with Gasteiger partial charge < -0.3 is 14.2 Å². The lowest BCUT2D eigenvalue weighted by molar-refractivity contribution is 0.0557. The molecular formula is C16H11BrClF2N2O4PS. The second-order valence-electron chi connectivity index (χ2n) is 5.57. The van der Waals surface area contributed by atoms with E-state index in [-0.39, 0.29) is 9.70 Å². The molecule has 2 N–H and O–H groups in total. The Hall–Kier alpha value is -1.29. The van der Waals surface area contributed by atoms with Crippen LogP contribution in [-0.4, -0.2) is 20.0 Å². The molecule has 0 aliphatic carbocycles. The molecule has 0 saturated heterocycles. The van der Waals surface area contributed by atoms with E-state index in [1.54, 1.807) is 24.3 Å². The zero-order chi connectivity index (χ0) is 20.5. The summed E-state index contributed by atoms with van der Waals surface area (Å²) in [6.07, 6.45) is 0. The average molecular weight is 512 g/mol. The lowest BCUT2D eigenvalue weighted by Gasteiger charge is -2.19. The van der Waals surface area contributed by atoms with Crippen molar-refractivity contribution in [3.8, 4) is 11.5 Å². The molecule has 1 aromatic heterocycles. The first-order valence-corrected chi connectivity index (χ1v) is 11.3. The Morgan fingerprint density at radius 3 is 2.46 bits per heavy atom. The van der Waals surface area contributed by atoms with E-state index in [1.165, 1.54) is 23.9 Å². The highest BCUT2D eigenvalue weighted by molar-refractivity contribution is 9.10. The van der Waals surface area contributed by atoms with E-state index >= 15 is 0 Å². The number of hydrogen-bond donors (Lipinski definition) is 2. The Morgan fingerprint density at radius 2 is 1.86 bits per heavy atom. The topological polar surface area (TPSA) is 96.5 Å². The fourth-order valence-electron chi connectivity index (χ4n) is 2.17. The minimum atomic E-state index is -5.64. The largest absolute Gasteiger partial charge is 0.411 e. The Bertz CT molecular complexity index is 1050. The molecule has 3 rings (SSSR count). The number of halogens is 4. The SMILES string of the molecule is O=P(O)(O)C(F)(F)c1ccc(CSc2nnc(-c3ccc(Cl)cc3)o2)cc1Br. The molecule has 0 fully saturated rings. The third-order valence-electron chi connectivity index (χ3n) is 3.58. The number of alkyl halides is 2. The molecule has 0 aliphatic heterocycles. The van der Waals surface area contributed by atoms with Gasteiger partial charge in [0.2, 0.25) is 5.89 Å². The fraction of sp³-hybridized carbons (Fsp3) is 0.125. The van der Waals surface area contributed by atoms with Gasteiger partial charge >= 0.3 is 13.3 Å². The van der Waals surface area contributed by atoms with Crippen molar-refractivity contribution < 1.29 is 27.5 Å². The summed E-state index contributed by atoms with van der Waals surface area (Å²) in [7, 11) is -5.64. The Kier molecular flexibility index (Phi) is 6.29. The highest BCUT2D eigenvalue weighted by Gasteiger charge is 2.51. The highest BCUT2D eigenvalue weighted by atomic mass is 79.9. The lowest BCUT2D eigenvalue weighted by atomic mass is 10.1. The molecule has 3 aromatic rings. The van der Waals surface area contributed by atoms with Crippen LogP contribution in [0, 0.1) is 0 Å². The van der Waals surface area contributed by atoms with Crippen LogP contribution >= 0.6 is 46.9 Å². The molecule has 1 heterocycles. The third kappa shape index (κ3) is 4.64. The summed E-state index contributed by atoms with van der Waals surface area (Å²) in [6.45, 7) is 0. The molecule has 0 bridgehead atoms. The van der Waals surface area contributed by atoms with E-state index in [2.05, 4.69) is 26.1 Å². The standard InChI is InChI=1S/C16H11BrClF2N2O4PS/c17-13-7-9(1-6-12(13)16(19,20)27(23,24)25)8-28-15-22-21-14(26-15)10-2-4-11(18)5-3-10/h1-7H,8H2,(H2,23,24,25). The first-order chi connectivity index (χ1) is 13.1. The molecular weight excluding hydrogens is 501 g/mol. The van der Waals surface area contributed by atoms with Gasteiger partial charge in [-0.2, -0.15) is 8.78 Å². The van der Waals surface area contributed by atoms with E-state index < -0.39 is 18.8 Å². The van der Waals surface area contributed by atoms with Crippen LogP contribution in [0.4, 0.5) is 8.78 Å². The van der Waals surface area contributed by atoms with Gasteiger partial charge in [-0.3, -0.25) is 4.57 Å². The van der Waals surface area contributed by atoms with Crippen molar-refractivity contribution >= 4 is 46.9 Å². The zero-order valence-electron chi connectivity index (χ0n) is 13.7. The predicted molar refractivity (Wildman–Crippen MR) is 104 cm³/mol. The van der Waals surface area contributed by atoms with Gasteiger partial charge in [0.1, 0.15) is 0 Å². The molecule has 148 valence electrons. The van der Waals surface area contributed by atoms with Crippen molar-refractivity contribution in [3.05, 3.63) is 63.1 Å². The van der Waals surface area contributed by atoms with E-state index in [1.807, 2.05) is 0 Å². The predicted octanol–water partition coefficient (Wildman–Crippen LogP) is 5.67. The molecule has 0 spiro atoms. The smallest absolute Gasteiger partial charge is 0.399 e. The van der Waals surface area contributed by atoms with Crippen molar-refractivity contribution in [2.75, 3.05) is 0 Å². The van der Waals surface area contributed by atoms with Crippen molar-refractivity contribution in [2.45, 2.75) is 16.6 Å². The van der Waals surface area contributed by atoms with Crippen LogP contribution in [0.2, 0.25) is 5.02 Å². The van der Waals surface area contributed by atoms with Gasteiger partial charge in [-0.15, -0.1) is 10.2 Å². The number of rotatable bonds is 6. The minimum absolute atomic E-state index is 0.105. The van der Waals surface area contributed by atoms with Crippen LogP contribution in [0.5, 0.6) is 0 Å². The Labute approximate surface area is 175 Å². The molecule has 0 atom stereocenters. The van der Waals surface area contributed by atoms with E-state index in [4.69, 9.17) is 25.8 Å². The summed E-state index contributed by atoms with van der Waals surface area (Å²) < 4.78 is 44.2. The molecule has 0 aliphatic rings. The third-order valence-corrected chi connectivity index (χ3v) is 6.35. The van der Waals surface area contributed by atoms with Gasteiger partial charge in [-0.05, 0) is 35.9 Å². The quantitative estimate of drug-likeness (QED) is 0.325. The molecule has 0 unspecified atom stereocenters. The number of benzene rings is 2. The summed E-state index contributed by atoms with van der Waals surface area (Å²) in [5.74, 6) is 0.639. The van der Waals surface area contributed by atoms with Crippen molar-refractivity contribution in [1.82, 2.24) is 10.2 Å². The molecule has 0 radical (unpaired) electrons. The van der Waals surface area contributed by atoms with Crippen molar-refractivity contribution in [1.29, 1.82) is 0 Å². The Balaban J connectivity index is 1.71. The monoisotopic (exact) mass is 510 g/mol. The highest BCUT2D eigenvalue weighted by Crippen LogP contribution is 2.60. The molecule has 0 saturated carbocycles. The number of nitrogens with zero attached hydrogens (tertiary/aromatic N) is 2. The van der Waals surface area contributed by atoms with Crippen molar-refractivity contribution in [3.63, 3.8) is 0 Å². The van der Waals surface area contributed by atoms with Crippen LogP contribution in [0.25, 0.3) is 11.5 Å². The fourth-order valence-corrected chi connectivity index (χ4v) is 4.34. The lowest BCUT2D eigenvalue weighted by Crippen LogP contribution is -2.14. The van der Waals surface area contributed by atoms with Crippen LogP contribution in [0.3, 0.4) is 0 Å². The summed E-state index contributed by atoms with van der Waals surface area (Å²) in [5.41, 5.74) is -3.74. The maximum Gasteiger partial charge on any atom is 0.399 e. The van der Waals surface area contributed by atoms with Gasteiger partial charge in [-0.25, -0.2) is 0 Å². The van der Waals surface area contributed by atoms with Crippen LogP contribution in [-0.2, 0) is 16.0 Å². The van der Waals surface area contributed by atoms with Crippen LogP contribution in [0.15, 0.2) is 56.6 Å². The van der Waals surface area contributed by atoms with Crippen LogP contribution in [0.1, 0.15) is 11.1 Å². The molecule has 2 aromatic carbocycles. The number of thioether (sulfide) groups is 1. The second-order valence-corrected chi connectivity index (χ2v) is 9.44. The summed E-state index contributed by atoms with van der Waals surface area (Å²) >= 11 is 9.97. The number of hydrogen-bond acceptors (Lipinski definition) is 5. The van der Waals surface area contributed by atoms with E-state index in [0.29, 0.717) is 27.8 Å². The summed E-state index contributed by atoms with van der Waals surface area (Å²) in [5, 5.41) is 8.73. The number of aromatic nitrogens is 2. The molecule has 12 heteroatoms. The van der Waals surface area contributed by atoms with Gasteiger partial charge in [0.25, 0.3) is 5.22 Å². The van der Waals surface area contributed by atoms with Gasteiger partial charge in [0.15, 0.2) is 0 Å². The molecule has 28 heavy (non-hydrogen) atoms. The molecule has 6 nitrogen and oxygen atoms in total.